The van der Waals surface area contributed by atoms with Crippen LogP contribution in [0.2, 0.25) is 0 Å². The van der Waals surface area contributed by atoms with Gasteiger partial charge in [0.2, 0.25) is 5.88 Å². The van der Waals surface area contributed by atoms with Crippen LogP contribution in [0.25, 0.3) is 0 Å². The molecule has 0 aromatic carbocycles. The van der Waals surface area contributed by atoms with Crippen molar-refractivity contribution >= 4 is 0 Å². The second-order valence-corrected chi connectivity index (χ2v) is 1.91. The fourth-order valence-corrected chi connectivity index (χ4v) is 0.666. The molecule has 0 aliphatic rings. The van der Waals surface area contributed by atoms with Crippen molar-refractivity contribution in [1.82, 2.24) is 4.98 Å². The van der Waals surface area contributed by atoms with Crippen molar-refractivity contribution < 1.29 is 13.5 Å². The number of pyridine rings is 1. The van der Waals surface area contributed by atoms with Crippen LogP contribution in [0.1, 0.15) is 12.1 Å². The normalized spacial score (nSPS) is 10.2. The zero-order valence-electron chi connectivity index (χ0n) is 5.92. The Labute approximate surface area is 62.8 Å². The Kier molecular flexibility index (Phi) is 2.36. The molecule has 0 spiro atoms. The van der Waals surface area contributed by atoms with Gasteiger partial charge >= 0.3 is 0 Å². The Hall–Kier alpha value is -1.19. The third kappa shape index (κ3) is 1.86. The van der Waals surface area contributed by atoms with E-state index in [1.807, 2.05) is 0 Å². The minimum absolute atomic E-state index is 0.211. The molecule has 0 amide bonds. The van der Waals surface area contributed by atoms with Crippen LogP contribution < -0.4 is 4.74 Å². The summed E-state index contributed by atoms with van der Waals surface area (Å²) >= 11 is 0. The SMILES string of the molecule is COc1cccc(C(F)F)n1. The van der Waals surface area contributed by atoms with Crippen LogP contribution in [0.4, 0.5) is 8.78 Å². The van der Waals surface area contributed by atoms with Crippen molar-refractivity contribution in [3.63, 3.8) is 0 Å². The summed E-state index contributed by atoms with van der Waals surface area (Å²) < 4.78 is 28.6. The summed E-state index contributed by atoms with van der Waals surface area (Å²) in [6.07, 6.45) is -2.54. The monoisotopic (exact) mass is 159 g/mol. The van der Waals surface area contributed by atoms with Gasteiger partial charge in [-0.15, -0.1) is 0 Å². The predicted octanol–water partition coefficient (Wildman–Crippen LogP) is 2.03. The van der Waals surface area contributed by atoms with E-state index in [0.717, 1.165) is 0 Å². The first kappa shape index (κ1) is 7.91. The number of methoxy groups -OCH3 is 1. The van der Waals surface area contributed by atoms with Crippen LogP contribution in [0, 0.1) is 0 Å². The third-order valence-corrected chi connectivity index (χ3v) is 1.18. The lowest BCUT2D eigenvalue weighted by molar-refractivity contribution is 0.145. The van der Waals surface area contributed by atoms with Gasteiger partial charge in [0.1, 0.15) is 5.69 Å². The lowest BCUT2D eigenvalue weighted by Gasteiger charge is -2.00. The van der Waals surface area contributed by atoms with E-state index in [0.29, 0.717) is 0 Å². The van der Waals surface area contributed by atoms with E-state index in [9.17, 15) is 8.78 Å². The molecule has 0 bridgehead atoms. The van der Waals surface area contributed by atoms with E-state index in [1.165, 1.54) is 25.3 Å². The van der Waals surface area contributed by atoms with Gasteiger partial charge in [0, 0.05) is 6.07 Å². The van der Waals surface area contributed by atoms with Gasteiger partial charge in [0.05, 0.1) is 7.11 Å². The van der Waals surface area contributed by atoms with Crippen LogP contribution >= 0.6 is 0 Å². The van der Waals surface area contributed by atoms with Gasteiger partial charge in [-0.05, 0) is 6.07 Å². The van der Waals surface area contributed by atoms with Crippen LogP contribution in [0.3, 0.4) is 0 Å². The molecule has 0 unspecified atom stereocenters. The number of aromatic nitrogens is 1. The van der Waals surface area contributed by atoms with E-state index in [1.54, 1.807) is 0 Å². The van der Waals surface area contributed by atoms with Crippen LogP contribution in [-0.2, 0) is 0 Å². The number of halogens is 2. The molecule has 0 saturated heterocycles. The number of ether oxygens (including phenoxy) is 1. The molecule has 4 heteroatoms. The van der Waals surface area contributed by atoms with E-state index >= 15 is 0 Å². The summed E-state index contributed by atoms with van der Waals surface area (Å²) in [6.45, 7) is 0. The molecule has 0 saturated carbocycles. The van der Waals surface area contributed by atoms with Gasteiger partial charge < -0.3 is 4.74 Å². The zero-order chi connectivity index (χ0) is 8.27. The minimum atomic E-state index is -2.54. The van der Waals surface area contributed by atoms with Crippen molar-refractivity contribution in [3.8, 4) is 5.88 Å². The molecule has 0 atom stereocenters. The second kappa shape index (κ2) is 3.27. The van der Waals surface area contributed by atoms with Crippen molar-refractivity contribution in [1.29, 1.82) is 0 Å². The van der Waals surface area contributed by atoms with Crippen molar-refractivity contribution in [2.24, 2.45) is 0 Å². The predicted molar refractivity (Wildman–Crippen MR) is 35.7 cm³/mol. The fraction of sp³-hybridized carbons (Fsp3) is 0.286. The number of alkyl halides is 2. The van der Waals surface area contributed by atoms with E-state index in [2.05, 4.69) is 9.72 Å². The molecule has 11 heavy (non-hydrogen) atoms. The molecule has 1 heterocycles. The number of rotatable bonds is 2. The Morgan fingerprint density at radius 1 is 1.45 bits per heavy atom. The van der Waals surface area contributed by atoms with Crippen molar-refractivity contribution in [2.45, 2.75) is 6.43 Å². The molecule has 0 fully saturated rings. The average molecular weight is 159 g/mol. The molecule has 0 N–H and O–H groups in total. The first-order chi connectivity index (χ1) is 5.24. The van der Waals surface area contributed by atoms with Crippen molar-refractivity contribution in [3.05, 3.63) is 23.9 Å². The number of hydrogen-bond donors (Lipinski definition) is 0. The lowest BCUT2D eigenvalue weighted by Crippen LogP contribution is -1.92. The molecule has 0 radical (unpaired) electrons. The highest BCUT2D eigenvalue weighted by atomic mass is 19.3. The minimum Gasteiger partial charge on any atom is -0.481 e. The summed E-state index contributed by atoms with van der Waals surface area (Å²) in [4.78, 5) is 3.52. The molecular weight excluding hydrogens is 152 g/mol. The van der Waals surface area contributed by atoms with Crippen LogP contribution in [0.5, 0.6) is 5.88 Å². The Morgan fingerprint density at radius 2 is 2.18 bits per heavy atom. The summed E-state index contributed by atoms with van der Waals surface area (Å²) in [5, 5.41) is 0. The molecule has 60 valence electrons. The quantitative estimate of drug-likeness (QED) is 0.658. The number of nitrogens with zero attached hydrogens (tertiary/aromatic N) is 1. The summed E-state index contributed by atoms with van der Waals surface area (Å²) in [5.74, 6) is 0.211. The first-order valence-corrected chi connectivity index (χ1v) is 3.03. The maximum Gasteiger partial charge on any atom is 0.280 e. The Morgan fingerprint density at radius 3 is 2.73 bits per heavy atom. The van der Waals surface area contributed by atoms with Gasteiger partial charge in [-0.1, -0.05) is 6.07 Å². The highest BCUT2D eigenvalue weighted by Gasteiger charge is 2.08. The largest absolute Gasteiger partial charge is 0.481 e. The summed E-state index contributed by atoms with van der Waals surface area (Å²) in [7, 11) is 1.39. The third-order valence-electron chi connectivity index (χ3n) is 1.18. The fourth-order valence-electron chi connectivity index (χ4n) is 0.666. The maximum atomic E-state index is 12.0. The van der Waals surface area contributed by atoms with Crippen molar-refractivity contribution in [2.75, 3.05) is 7.11 Å². The topological polar surface area (TPSA) is 22.1 Å². The number of hydrogen-bond acceptors (Lipinski definition) is 2. The summed E-state index contributed by atoms with van der Waals surface area (Å²) in [5.41, 5.74) is -0.260. The molecule has 1 rings (SSSR count). The second-order valence-electron chi connectivity index (χ2n) is 1.91. The highest BCUT2D eigenvalue weighted by Crippen LogP contribution is 2.18. The van der Waals surface area contributed by atoms with Crippen LogP contribution in [-0.4, -0.2) is 12.1 Å². The molecule has 0 aliphatic carbocycles. The van der Waals surface area contributed by atoms with E-state index in [4.69, 9.17) is 0 Å². The molecule has 0 aliphatic heterocycles. The highest BCUT2D eigenvalue weighted by molar-refractivity contribution is 5.16. The first-order valence-electron chi connectivity index (χ1n) is 3.03. The molecule has 1 aromatic rings. The van der Waals surface area contributed by atoms with Crippen LogP contribution in [0.15, 0.2) is 18.2 Å². The smallest absolute Gasteiger partial charge is 0.280 e. The van der Waals surface area contributed by atoms with Gasteiger partial charge in [0.25, 0.3) is 6.43 Å². The van der Waals surface area contributed by atoms with Gasteiger partial charge in [-0.2, -0.15) is 0 Å². The zero-order valence-corrected chi connectivity index (χ0v) is 5.92. The van der Waals surface area contributed by atoms with E-state index < -0.39 is 6.43 Å². The molecule has 1 aromatic heterocycles. The summed E-state index contributed by atoms with van der Waals surface area (Å²) in [6, 6.07) is 4.26. The van der Waals surface area contributed by atoms with Gasteiger partial charge in [-0.3, -0.25) is 0 Å². The Bertz CT molecular complexity index is 240. The van der Waals surface area contributed by atoms with E-state index in [-0.39, 0.29) is 11.6 Å². The van der Waals surface area contributed by atoms with Gasteiger partial charge in [0.15, 0.2) is 0 Å². The average Bonchev–Trinajstić information content (AvgIpc) is 2.05. The molecule has 2 nitrogen and oxygen atoms in total. The van der Waals surface area contributed by atoms with Gasteiger partial charge in [-0.25, -0.2) is 13.8 Å². The lowest BCUT2D eigenvalue weighted by atomic mass is 10.3. The molecular formula is C7H7F2NO. The Balaban J connectivity index is 2.91. The maximum absolute atomic E-state index is 12.0. The standard InChI is InChI=1S/C7H7F2NO/c1-11-6-4-2-3-5(10-6)7(8)9/h2-4,7H,1H3.